The highest BCUT2D eigenvalue weighted by Crippen LogP contribution is 2.40. The summed E-state index contributed by atoms with van der Waals surface area (Å²) >= 11 is 1.56. The fourth-order valence-corrected chi connectivity index (χ4v) is 4.06. The standard InChI is InChI=1S/C18H20N2O4S/c1-3-4-12-10-25-17-14(19)16(21)20(17)15(12)18(22)24-9-11-5-7-13(23-2)8-6-11/h3-8,14,17H,9-10,19H2,1-2H3/b4-3-/t14?,17-/m0/s1. The highest BCUT2D eigenvalue weighted by atomic mass is 32.2. The van der Waals surface area contributed by atoms with Crippen molar-refractivity contribution in [2.75, 3.05) is 12.9 Å². The average Bonchev–Trinajstić information content (AvgIpc) is 2.65. The van der Waals surface area contributed by atoms with Crippen LogP contribution < -0.4 is 10.5 Å². The summed E-state index contributed by atoms with van der Waals surface area (Å²) in [4.78, 5) is 26.2. The molecule has 1 aromatic rings. The number of thioether (sulfide) groups is 1. The smallest absolute Gasteiger partial charge is 0.355 e. The number of ether oxygens (including phenoxy) is 2. The minimum absolute atomic E-state index is 0.126. The van der Waals surface area contributed by atoms with Crippen LogP contribution in [0.5, 0.6) is 5.75 Å². The number of nitrogens with zero attached hydrogens (tertiary/aromatic N) is 1. The summed E-state index contributed by atoms with van der Waals surface area (Å²) in [6.07, 6.45) is 3.68. The van der Waals surface area contributed by atoms with Gasteiger partial charge in [0.1, 0.15) is 29.5 Å². The number of fused-ring (bicyclic) bond motifs is 1. The van der Waals surface area contributed by atoms with Crippen molar-refractivity contribution < 1.29 is 19.1 Å². The molecule has 132 valence electrons. The summed E-state index contributed by atoms with van der Waals surface area (Å²) in [5, 5.41) is -0.190. The molecule has 1 unspecified atom stereocenters. The minimum atomic E-state index is -0.554. The molecular formula is C18H20N2O4S. The number of carbonyl (C=O) groups is 2. The second-order valence-electron chi connectivity index (χ2n) is 5.73. The summed E-state index contributed by atoms with van der Waals surface area (Å²) < 4.78 is 10.5. The number of methoxy groups -OCH3 is 1. The van der Waals surface area contributed by atoms with E-state index < -0.39 is 12.0 Å². The second kappa shape index (κ2) is 7.33. The van der Waals surface area contributed by atoms with Gasteiger partial charge in [0.15, 0.2) is 0 Å². The van der Waals surface area contributed by atoms with Crippen molar-refractivity contribution >= 4 is 23.6 Å². The van der Waals surface area contributed by atoms with E-state index in [1.165, 1.54) is 4.90 Å². The van der Waals surface area contributed by atoms with Crippen LogP contribution >= 0.6 is 11.8 Å². The van der Waals surface area contributed by atoms with Crippen molar-refractivity contribution in [3.8, 4) is 5.75 Å². The summed E-state index contributed by atoms with van der Waals surface area (Å²) in [5.74, 6) is 0.616. The van der Waals surface area contributed by atoms with E-state index in [2.05, 4.69) is 0 Å². The average molecular weight is 360 g/mol. The van der Waals surface area contributed by atoms with E-state index in [4.69, 9.17) is 15.2 Å². The summed E-state index contributed by atoms with van der Waals surface area (Å²) in [5.41, 5.74) is 7.77. The number of benzene rings is 1. The van der Waals surface area contributed by atoms with Gasteiger partial charge >= 0.3 is 5.97 Å². The molecule has 1 amide bonds. The van der Waals surface area contributed by atoms with Crippen molar-refractivity contribution in [2.45, 2.75) is 24.9 Å². The minimum Gasteiger partial charge on any atom is -0.497 e. The number of carbonyl (C=O) groups excluding carboxylic acids is 2. The molecule has 25 heavy (non-hydrogen) atoms. The molecule has 1 aromatic carbocycles. The molecule has 2 aliphatic heterocycles. The SMILES string of the molecule is C/C=C\C1=C(C(=O)OCc2ccc(OC)cc2)N2C(=O)C(N)[C@@H]2SC1. The van der Waals surface area contributed by atoms with Crippen LogP contribution in [0.25, 0.3) is 0 Å². The molecule has 0 spiro atoms. The van der Waals surface area contributed by atoms with Crippen LogP contribution in [-0.2, 0) is 20.9 Å². The van der Waals surface area contributed by atoms with Crippen LogP contribution in [0, 0.1) is 0 Å². The Labute approximate surface area is 150 Å². The quantitative estimate of drug-likeness (QED) is 0.637. The van der Waals surface area contributed by atoms with E-state index >= 15 is 0 Å². The first kappa shape index (κ1) is 17.6. The molecule has 2 atom stereocenters. The number of amides is 1. The molecule has 0 bridgehead atoms. The van der Waals surface area contributed by atoms with Crippen LogP contribution in [-0.4, -0.2) is 41.1 Å². The van der Waals surface area contributed by atoms with E-state index in [9.17, 15) is 9.59 Å². The highest BCUT2D eigenvalue weighted by molar-refractivity contribution is 8.00. The first-order chi connectivity index (χ1) is 12.1. The van der Waals surface area contributed by atoms with Gasteiger partial charge in [-0.15, -0.1) is 11.8 Å². The molecule has 6 nitrogen and oxygen atoms in total. The lowest BCUT2D eigenvalue weighted by Crippen LogP contribution is -2.68. The molecule has 0 aliphatic carbocycles. The number of allylic oxidation sites excluding steroid dienone is 2. The van der Waals surface area contributed by atoms with Gasteiger partial charge in [0.05, 0.1) is 7.11 Å². The molecule has 7 heteroatoms. The van der Waals surface area contributed by atoms with Gasteiger partial charge in [0, 0.05) is 5.75 Å². The maximum Gasteiger partial charge on any atom is 0.355 e. The Morgan fingerprint density at radius 3 is 2.76 bits per heavy atom. The van der Waals surface area contributed by atoms with Crippen LogP contribution in [0.2, 0.25) is 0 Å². The zero-order valence-electron chi connectivity index (χ0n) is 14.1. The number of hydrogen-bond acceptors (Lipinski definition) is 6. The summed E-state index contributed by atoms with van der Waals surface area (Å²) in [7, 11) is 1.59. The largest absolute Gasteiger partial charge is 0.497 e. The lowest BCUT2D eigenvalue weighted by atomic mass is 10.0. The maximum atomic E-state index is 12.6. The molecule has 0 aromatic heterocycles. The molecule has 0 radical (unpaired) electrons. The van der Waals surface area contributed by atoms with Gasteiger partial charge in [0.2, 0.25) is 5.91 Å². The lowest BCUT2D eigenvalue weighted by molar-refractivity contribution is -0.151. The molecule has 1 fully saturated rings. The van der Waals surface area contributed by atoms with Crippen molar-refractivity contribution in [1.29, 1.82) is 0 Å². The van der Waals surface area contributed by atoms with Gasteiger partial charge in [-0.1, -0.05) is 24.3 Å². The fraction of sp³-hybridized carbons (Fsp3) is 0.333. The van der Waals surface area contributed by atoms with Gasteiger partial charge in [-0.25, -0.2) is 4.79 Å². The zero-order chi connectivity index (χ0) is 18.0. The second-order valence-corrected chi connectivity index (χ2v) is 6.84. The predicted octanol–water partition coefficient (Wildman–Crippen LogP) is 1.81. The number of hydrogen-bond donors (Lipinski definition) is 1. The Morgan fingerprint density at radius 1 is 1.40 bits per heavy atom. The number of esters is 1. The Kier molecular flexibility index (Phi) is 5.15. The lowest BCUT2D eigenvalue weighted by Gasteiger charge is -2.48. The normalized spacial score (nSPS) is 22.7. The molecule has 3 rings (SSSR count). The van der Waals surface area contributed by atoms with Crippen LogP contribution in [0.1, 0.15) is 12.5 Å². The van der Waals surface area contributed by atoms with Crippen molar-refractivity contribution in [1.82, 2.24) is 4.90 Å². The molecule has 1 saturated heterocycles. The Morgan fingerprint density at radius 2 is 2.12 bits per heavy atom. The monoisotopic (exact) mass is 360 g/mol. The molecular weight excluding hydrogens is 340 g/mol. The third kappa shape index (κ3) is 3.29. The van der Waals surface area contributed by atoms with Gasteiger partial charge < -0.3 is 15.2 Å². The third-order valence-corrected chi connectivity index (χ3v) is 5.45. The third-order valence-electron chi connectivity index (χ3n) is 4.13. The fourth-order valence-electron chi connectivity index (χ4n) is 2.80. The van der Waals surface area contributed by atoms with E-state index in [0.29, 0.717) is 11.4 Å². The molecule has 2 aliphatic rings. The Hall–Kier alpha value is -2.25. The first-order valence-corrected chi connectivity index (χ1v) is 8.98. The van der Waals surface area contributed by atoms with Gasteiger partial charge in [-0.05, 0) is 30.2 Å². The zero-order valence-corrected chi connectivity index (χ0v) is 14.9. The number of rotatable bonds is 5. The Bertz CT molecular complexity index is 742. The Balaban J connectivity index is 1.76. The van der Waals surface area contributed by atoms with Crippen LogP contribution in [0.4, 0.5) is 0 Å². The van der Waals surface area contributed by atoms with E-state index in [0.717, 1.165) is 16.9 Å². The van der Waals surface area contributed by atoms with E-state index in [1.807, 2.05) is 31.2 Å². The molecule has 0 saturated carbocycles. The summed E-state index contributed by atoms with van der Waals surface area (Å²) in [6.45, 7) is 2.00. The molecule has 2 N–H and O–H groups in total. The van der Waals surface area contributed by atoms with E-state index in [1.54, 1.807) is 31.0 Å². The van der Waals surface area contributed by atoms with Crippen molar-refractivity contribution in [3.63, 3.8) is 0 Å². The topological polar surface area (TPSA) is 81.9 Å². The van der Waals surface area contributed by atoms with Crippen LogP contribution in [0.3, 0.4) is 0 Å². The van der Waals surface area contributed by atoms with Crippen molar-refractivity contribution in [2.24, 2.45) is 5.73 Å². The van der Waals surface area contributed by atoms with Gasteiger partial charge in [0.25, 0.3) is 0 Å². The highest BCUT2D eigenvalue weighted by Gasteiger charge is 2.51. The number of nitrogens with two attached hydrogens (primary N) is 1. The molecule has 2 heterocycles. The van der Waals surface area contributed by atoms with E-state index in [-0.39, 0.29) is 17.9 Å². The summed E-state index contributed by atoms with van der Waals surface area (Å²) in [6, 6.07) is 6.72. The predicted molar refractivity (Wildman–Crippen MR) is 95.7 cm³/mol. The first-order valence-electron chi connectivity index (χ1n) is 7.93. The van der Waals surface area contributed by atoms with Gasteiger partial charge in [-0.3, -0.25) is 9.69 Å². The van der Waals surface area contributed by atoms with Crippen LogP contribution in [0.15, 0.2) is 47.7 Å². The maximum absolute atomic E-state index is 12.6. The van der Waals surface area contributed by atoms with Gasteiger partial charge in [-0.2, -0.15) is 0 Å². The van der Waals surface area contributed by atoms with Crippen molar-refractivity contribution in [3.05, 3.63) is 53.3 Å². The number of β-lactam (4-membered cyclic amide) rings is 1.